The molecular formula is C9H18ClN8OP3. The normalized spacial score (nSPS) is 11.9. The molecule has 0 spiro atoms. The molecular weight excluding hydrogens is 365 g/mol. The maximum atomic E-state index is 12.1. The van der Waals surface area contributed by atoms with E-state index in [0.717, 1.165) is 13.0 Å². The molecule has 0 bridgehead atoms. The van der Waals surface area contributed by atoms with E-state index in [9.17, 15) is 4.79 Å². The molecule has 9 nitrogen and oxygen atoms in total. The molecule has 0 saturated carbocycles. The van der Waals surface area contributed by atoms with Crippen molar-refractivity contribution in [1.29, 1.82) is 0 Å². The minimum atomic E-state index is -0.579. The number of amides is 1. The Balaban J connectivity index is 2.60. The van der Waals surface area contributed by atoms with E-state index in [-0.39, 0.29) is 28.4 Å². The average Bonchev–Trinajstić information content (AvgIpc) is 2.49. The fourth-order valence-electron chi connectivity index (χ4n) is 1.35. The molecule has 1 heterocycles. The summed E-state index contributed by atoms with van der Waals surface area (Å²) >= 11 is 5.74. The maximum absolute atomic E-state index is 12.1. The zero-order valence-electron chi connectivity index (χ0n) is 11.6. The molecule has 0 radical (unpaired) electrons. The molecule has 0 aromatic carbocycles. The summed E-state index contributed by atoms with van der Waals surface area (Å²) in [5.41, 5.74) is 11.0. The first-order valence-corrected chi connectivity index (χ1v) is 9.80. The summed E-state index contributed by atoms with van der Waals surface area (Å²) in [4.78, 5) is 19.7. The second-order valence-electron chi connectivity index (χ2n) is 3.92. The van der Waals surface area contributed by atoms with E-state index >= 15 is 0 Å². The quantitative estimate of drug-likeness (QED) is 0.203. The van der Waals surface area contributed by atoms with E-state index in [0.29, 0.717) is 15.0 Å². The number of halogens is 1. The summed E-state index contributed by atoms with van der Waals surface area (Å²) in [6, 6.07) is 0. The smallest absolute Gasteiger partial charge is 0.280 e. The van der Waals surface area contributed by atoms with Crippen molar-refractivity contribution in [2.75, 3.05) is 24.6 Å². The summed E-state index contributed by atoms with van der Waals surface area (Å²) in [5.74, 6) is -0.438. The van der Waals surface area contributed by atoms with Gasteiger partial charge in [0.1, 0.15) is 0 Å². The van der Waals surface area contributed by atoms with Crippen molar-refractivity contribution >= 4 is 61.8 Å². The fraction of sp³-hybridized carbons (Fsp3) is 0.333. The van der Waals surface area contributed by atoms with Crippen LogP contribution in [0.1, 0.15) is 16.9 Å². The van der Waals surface area contributed by atoms with Crippen LogP contribution in [0.5, 0.6) is 0 Å². The monoisotopic (exact) mass is 382 g/mol. The Morgan fingerprint density at radius 2 is 2.05 bits per heavy atom. The molecule has 0 fully saturated rings. The average molecular weight is 383 g/mol. The SMILES string of the molecule is Nc1nc(N)c(C(=O)N/C(=N/P)NCCCNPP)nc1Cl. The van der Waals surface area contributed by atoms with Gasteiger partial charge >= 0.3 is 0 Å². The van der Waals surface area contributed by atoms with Gasteiger partial charge < -0.3 is 16.8 Å². The summed E-state index contributed by atoms with van der Waals surface area (Å²) in [7, 11) is 5.39. The summed E-state index contributed by atoms with van der Waals surface area (Å²) < 4.78 is 3.86. The second-order valence-corrected chi connectivity index (χ2v) is 6.04. The molecule has 1 aromatic rings. The highest BCUT2D eigenvalue weighted by Crippen LogP contribution is 2.17. The number of nitrogens with one attached hydrogen (secondary N) is 3. The van der Waals surface area contributed by atoms with Gasteiger partial charge in [-0.1, -0.05) is 20.5 Å². The third kappa shape index (κ3) is 6.11. The largest absolute Gasteiger partial charge is 0.382 e. The highest BCUT2D eigenvalue weighted by molar-refractivity contribution is 8.01. The number of nitrogens with zero attached hydrogens (tertiary/aromatic N) is 3. The van der Waals surface area contributed by atoms with Crippen molar-refractivity contribution in [3.05, 3.63) is 10.8 Å². The summed E-state index contributed by atoms with van der Waals surface area (Å²) in [6.45, 7) is 1.50. The van der Waals surface area contributed by atoms with Gasteiger partial charge in [-0.15, -0.1) is 0 Å². The standard InChI is InChI=1S/C9H18ClN8OP3/c10-5-7(12)16-6(11)4(15-5)8(19)17-9(18-20)13-2-1-3-14-22-21/h14,22H,1-3,20-21H2,(H4,11,12,16)(H2,13,17,18,19). The lowest BCUT2D eigenvalue weighted by Gasteiger charge is -2.11. The van der Waals surface area contributed by atoms with Crippen molar-refractivity contribution in [1.82, 2.24) is 25.7 Å². The van der Waals surface area contributed by atoms with Gasteiger partial charge in [-0.25, -0.2) is 14.7 Å². The molecule has 0 aliphatic carbocycles. The van der Waals surface area contributed by atoms with Gasteiger partial charge in [0.25, 0.3) is 5.91 Å². The van der Waals surface area contributed by atoms with Gasteiger partial charge in [-0.3, -0.25) is 15.2 Å². The van der Waals surface area contributed by atoms with E-state index in [4.69, 9.17) is 23.1 Å². The minimum Gasteiger partial charge on any atom is -0.382 e. The maximum Gasteiger partial charge on any atom is 0.280 e. The first-order chi connectivity index (χ1) is 10.5. The Labute approximate surface area is 139 Å². The number of guanidine groups is 1. The van der Waals surface area contributed by atoms with Gasteiger partial charge in [0.15, 0.2) is 22.5 Å². The van der Waals surface area contributed by atoms with E-state index < -0.39 is 5.91 Å². The van der Waals surface area contributed by atoms with Gasteiger partial charge in [-0.2, -0.15) is 0 Å². The number of hydrogen-bond donors (Lipinski definition) is 5. The Hall–Kier alpha value is -0.840. The molecule has 22 heavy (non-hydrogen) atoms. The third-order valence-electron chi connectivity index (χ3n) is 2.35. The highest BCUT2D eigenvalue weighted by atomic mass is 35.5. The third-order valence-corrected chi connectivity index (χ3v) is 3.96. The number of hydrogen-bond acceptors (Lipinski definition) is 7. The Morgan fingerprint density at radius 1 is 1.32 bits per heavy atom. The lowest BCUT2D eigenvalue weighted by molar-refractivity contribution is 0.0972. The van der Waals surface area contributed by atoms with Crippen LogP contribution in [0.15, 0.2) is 4.76 Å². The Kier molecular flexibility index (Phi) is 8.76. The number of carbonyl (C=O) groups is 1. The number of nitrogens with two attached hydrogens (primary N) is 2. The lowest BCUT2D eigenvalue weighted by atomic mass is 10.3. The van der Waals surface area contributed by atoms with Gasteiger partial charge in [0, 0.05) is 13.1 Å². The first-order valence-electron chi connectivity index (χ1n) is 6.09. The second kappa shape index (κ2) is 10.0. The zero-order chi connectivity index (χ0) is 16.5. The predicted molar refractivity (Wildman–Crippen MR) is 99.1 cm³/mol. The molecule has 1 amide bonds. The molecule has 1 aromatic heterocycles. The minimum absolute atomic E-state index is 0.0314. The Bertz CT molecular complexity index is 558. The van der Waals surface area contributed by atoms with Gasteiger partial charge in [0.2, 0.25) is 5.96 Å². The molecule has 3 atom stereocenters. The number of rotatable bonds is 6. The molecule has 3 unspecified atom stereocenters. The van der Waals surface area contributed by atoms with Crippen LogP contribution in [-0.4, -0.2) is 34.9 Å². The van der Waals surface area contributed by atoms with Crippen molar-refractivity contribution in [2.45, 2.75) is 6.42 Å². The van der Waals surface area contributed by atoms with Crippen molar-refractivity contribution in [3.8, 4) is 0 Å². The van der Waals surface area contributed by atoms with Crippen LogP contribution in [0.3, 0.4) is 0 Å². The van der Waals surface area contributed by atoms with Crippen LogP contribution in [-0.2, 0) is 0 Å². The van der Waals surface area contributed by atoms with E-state index in [1.165, 1.54) is 0 Å². The topological polar surface area (TPSA) is 143 Å². The van der Waals surface area contributed by atoms with Gasteiger partial charge in [0.05, 0.1) is 0 Å². The molecule has 0 aliphatic heterocycles. The van der Waals surface area contributed by atoms with Crippen LogP contribution in [0.25, 0.3) is 0 Å². The number of aromatic nitrogens is 2. The van der Waals surface area contributed by atoms with Crippen molar-refractivity contribution < 1.29 is 4.79 Å². The van der Waals surface area contributed by atoms with E-state index in [1.807, 2.05) is 0 Å². The van der Waals surface area contributed by atoms with Crippen LogP contribution in [0.4, 0.5) is 11.6 Å². The number of nitrogen functional groups attached to an aromatic ring is 2. The van der Waals surface area contributed by atoms with E-state index in [2.05, 4.69) is 48.8 Å². The zero-order valence-corrected chi connectivity index (χ0v) is 15.6. The first kappa shape index (κ1) is 19.2. The summed E-state index contributed by atoms with van der Waals surface area (Å²) in [5, 5.41) is 8.62. The molecule has 122 valence electrons. The predicted octanol–water partition coefficient (Wildman–Crippen LogP) is 0.123. The van der Waals surface area contributed by atoms with Crippen LogP contribution >= 0.6 is 38.3 Å². The van der Waals surface area contributed by atoms with Crippen LogP contribution in [0, 0.1) is 0 Å². The van der Waals surface area contributed by atoms with Crippen LogP contribution in [0.2, 0.25) is 5.15 Å². The van der Waals surface area contributed by atoms with Crippen molar-refractivity contribution in [3.63, 3.8) is 0 Å². The van der Waals surface area contributed by atoms with Crippen molar-refractivity contribution in [2.24, 2.45) is 4.76 Å². The summed E-state index contributed by atoms with van der Waals surface area (Å²) in [6.07, 6.45) is 0.872. The van der Waals surface area contributed by atoms with E-state index in [1.54, 1.807) is 0 Å². The van der Waals surface area contributed by atoms with Crippen LogP contribution < -0.4 is 27.2 Å². The molecule has 0 aliphatic rings. The fourth-order valence-corrected chi connectivity index (χ4v) is 2.39. The molecule has 1 rings (SSSR count). The van der Waals surface area contributed by atoms with Gasteiger partial charge in [-0.05, 0) is 24.2 Å². The molecule has 7 N–H and O–H groups in total. The lowest BCUT2D eigenvalue weighted by Crippen LogP contribution is -2.42. The molecule has 13 heteroatoms. The number of anilines is 2. The number of carbonyl (C=O) groups excluding carboxylic acids is 1. The molecule has 0 saturated heterocycles. The highest BCUT2D eigenvalue weighted by Gasteiger charge is 2.17. The Morgan fingerprint density at radius 3 is 2.68 bits per heavy atom.